The van der Waals surface area contributed by atoms with Crippen molar-refractivity contribution in [2.45, 2.75) is 13.3 Å². The Bertz CT molecular complexity index is 609. The third-order valence-corrected chi connectivity index (χ3v) is 3.11. The molecule has 8 heteroatoms. The van der Waals surface area contributed by atoms with Gasteiger partial charge in [0.15, 0.2) is 0 Å². The van der Waals surface area contributed by atoms with Crippen molar-refractivity contribution >= 4 is 46.4 Å². The van der Waals surface area contributed by atoms with E-state index in [1.54, 1.807) is 18.2 Å². The van der Waals surface area contributed by atoms with E-state index in [-0.39, 0.29) is 17.2 Å². The van der Waals surface area contributed by atoms with Crippen LogP contribution in [-0.4, -0.2) is 21.6 Å². The molecule has 0 unspecified atom stereocenters. The normalized spacial score (nSPS) is 10.4. The number of nitrogens with zero attached hydrogens (tertiary/aromatic N) is 3. The fourth-order valence-corrected chi connectivity index (χ4v) is 1.80. The Morgan fingerprint density at radius 3 is 2.60 bits per heavy atom. The largest absolute Gasteiger partial charge is 0.463 e. The molecule has 0 amide bonds. The predicted molar refractivity (Wildman–Crippen MR) is 80.4 cm³/mol. The predicted octanol–water partition coefficient (Wildman–Crippen LogP) is 4.36. The SMILES string of the molecule is CCCOc1nc(Cl)nc(Nc2ccc(Cl)c(Cl)c2)n1. The maximum atomic E-state index is 5.94. The Balaban J connectivity index is 2.19. The molecule has 1 N–H and O–H groups in total. The van der Waals surface area contributed by atoms with Gasteiger partial charge in [-0.2, -0.15) is 15.0 Å². The molecular formula is C12H11Cl3N4O. The van der Waals surface area contributed by atoms with Crippen LogP contribution in [-0.2, 0) is 0 Å². The Hall–Kier alpha value is -1.30. The minimum atomic E-state index is 0.0497. The van der Waals surface area contributed by atoms with Crippen LogP contribution in [0.15, 0.2) is 18.2 Å². The van der Waals surface area contributed by atoms with E-state index in [1.807, 2.05) is 6.92 Å². The molecular weight excluding hydrogens is 323 g/mol. The minimum Gasteiger partial charge on any atom is -0.463 e. The summed E-state index contributed by atoms with van der Waals surface area (Å²) < 4.78 is 5.32. The van der Waals surface area contributed by atoms with Crippen LogP contribution in [0, 0.1) is 0 Å². The molecule has 0 aliphatic rings. The van der Waals surface area contributed by atoms with Gasteiger partial charge in [0.25, 0.3) is 0 Å². The molecule has 0 aliphatic carbocycles. The van der Waals surface area contributed by atoms with Gasteiger partial charge >= 0.3 is 6.01 Å². The fraction of sp³-hybridized carbons (Fsp3) is 0.250. The molecule has 1 aromatic carbocycles. The quantitative estimate of drug-likeness (QED) is 0.880. The van der Waals surface area contributed by atoms with Crippen molar-refractivity contribution in [3.63, 3.8) is 0 Å². The Morgan fingerprint density at radius 2 is 1.90 bits per heavy atom. The van der Waals surface area contributed by atoms with Crippen molar-refractivity contribution in [3.8, 4) is 6.01 Å². The summed E-state index contributed by atoms with van der Waals surface area (Å²) in [6.45, 7) is 2.49. The first-order valence-electron chi connectivity index (χ1n) is 5.85. The summed E-state index contributed by atoms with van der Waals surface area (Å²) in [5.74, 6) is 0.273. The number of halogens is 3. The Labute approximate surface area is 131 Å². The second-order valence-electron chi connectivity index (χ2n) is 3.81. The van der Waals surface area contributed by atoms with Crippen LogP contribution in [0.5, 0.6) is 6.01 Å². The van der Waals surface area contributed by atoms with Crippen LogP contribution in [0.2, 0.25) is 15.3 Å². The van der Waals surface area contributed by atoms with Crippen LogP contribution < -0.4 is 10.1 Å². The van der Waals surface area contributed by atoms with E-state index < -0.39 is 0 Å². The van der Waals surface area contributed by atoms with Crippen molar-refractivity contribution < 1.29 is 4.74 Å². The van der Waals surface area contributed by atoms with Crippen LogP contribution in [0.25, 0.3) is 0 Å². The topological polar surface area (TPSA) is 59.9 Å². The molecule has 106 valence electrons. The van der Waals surface area contributed by atoms with Gasteiger partial charge < -0.3 is 10.1 Å². The zero-order valence-electron chi connectivity index (χ0n) is 10.5. The number of rotatable bonds is 5. The van der Waals surface area contributed by atoms with Crippen molar-refractivity contribution in [2.24, 2.45) is 0 Å². The Morgan fingerprint density at radius 1 is 1.10 bits per heavy atom. The second-order valence-corrected chi connectivity index (χ2v) is 4.97. The highest BCUT2D eigenvalue weighted by Crippen LogP contribution is 2.26. The summed E-state index contributed by atoms with van der Waals surface area (Å²) in [7, 11) is 0. The number of ether oxygens (including phenoxy) is 1. The van der Waals surface area contributed by atoms with E-state index >= 15 is 0 Å². The molecule has 0 radical (unpaired) electrons. The van der Waals surface area contributed by atoms with E-state index in [0.717, 1.165) is 6.42 Å². The molecule has 0 saturated carbocycles. The molecule has 0 atom stereocenters. The molecule has 0 spiro atoms. The van der Waals surface area contributed by atoms with E-state index in [2.05, 4.69) is 20.3 Å². The lowest BCUT2D eigenvalue weighted by Crippen LogP contribution is -2.04. The molecule has 0 aliphatic heterocycles. The number of hydrogen-bond acceptors (Lipinski definition) is 5. The zero-order chi connectivity index (χ0) is 14.5. The number of aromatic nitrogens is 3. The second kappa shape index (κ2) is 6.92. The lowest BCUT2D eigenvalue weighted by atomic mass is 10.3. The summed E-state index contributed by atoms with van der Waals surface area (Å²) in [5.41, 5.74) is 0.683. The maximum Gasteiger partial charge on any atom is 0.322 e. The van der Waals surface area contributed by atoms with Gasteiger partial charge in [0, 0.05) is 5.69 Å². The van der Waals surface area contributed by atoms with Crippen LogP contribution in [0.1, 0.15) is 13.3 Å². The number of hydrogen-bond donors (Lipinski definition) is 1. The van der Waals surface area contributed by atoms with Crippen molar-refractivity contribution in [1.82, 2.24) is 15.0 Å². The van der Waals surface area contributed by atoms with Crippen LogP contribution in [0.3, 0.4) is 0 Å². The average molecular weight is 334 g/mol. The lowest BCUT2D eigenvalue weighted by Gasteiger charge is -2.08. The van der Waals surface area contributed by atoms with Crippen molar-refractivity contribution in [2.75, 3.05) is 11.9 Å². The highest BCUT2D eigenvalue weighted by atomic mass is 35.5. The van der Waals surface area contributed by atoms with Gasteiger partial charge in [-0.15, -0.1) is 0 Å². The summed E-state index contributed by atoms with van der Waals surface area (Å²) >= 11 is 17.6. The third-order valence-electron chi connectivity index (χ3n) is 2.20. The molecule has 0 bridgehead atoms. The van der Waals surface area contributed by atoms with E-state index in [0.29, 0.717) is 22.3 Å². The average Bonchev–Trinajstić information content (AvgIpc) is 2.40. The molecule has 20 heavy (non-hydrogen) atoms. The van der Waals surface area contributed by atoms with Gasteiger partial charge in [-0.25, -0.2) is 0 Å². The molecule has 1 heterocycles. The summed E-state index contributed by atoms with van der Waals surface area (Å²) in [6, 6.07) is 5.25. The number of benzene rings is 1. The molecule has 0 saturated heterocycles. The highest BCUT2D eigenvalue weighted by molar-refractivity contribution is 6.42. The maximum absolute atomic E-state index is 5.94. The summed E-state index contributed by atoms with van der Waals surface area (Å²) in [5, 5.41) is 3.91. The van der Waals surface area contributed by atoms with E-state index in [1.165, 1.54) is 0 Å². The molecule has 2 rings (SSSR count). The zero-order valence-corrected chi connectivity index (χ0v) is 12.8. The van der Waals surface area contributed by atoms with Gasteiger partial charge in [0.05, 0.1) is 16.7 Å². The van der Waals surface area contributed by atoms with Crippen LogP contribution >= 0.6 is 34.8 Å². The highest BCUT2D eigenvalue weighted by Gasteiger charge is 2.07. The van der Waals surface area contributed by atoms with Crippen LogP contribution in [0.4, 0.5) is 11.6 Å². The van der Waals surface area contributed by atoms with Gasteiger partial charge in [-0.05, 0) is 36.2 Å². The molecule has 0 fully saturated rings. The van der Waals surface area contributed by atoms with Gasteiger partial charge in [0.2, 0.25) is 11.2 Å². The smallest absolute Gasteiger partial charge is 0.322 e. The van der Waals surface area contributed by atoms with E-state index in [4.69, 9.17) is 39.5 Å². The third kappa shape index (κ3) is 4.10. The van der Waals surface area contributed by atoms with Gasteiger partial charge in [0.1, 0.15) is 0 Å². The minimum absolute atomic E-state index is 0.0497. The van der Waals surface area contributed by atoms with E-state index in [9.17, 15) is 0 Å². The van der Waals surface area contributed by atoms with Gasteiger partial charge in [-0.3, -0.25) is 0 Å². The monoisotopic (exact) mass is 332 g/mol. The number of nitrogens with one attached hydrogen (secondary N) is 1. The van der Waals surface area contributed by atoms with Crippen molar-refractivity contribution in [3.05, 3.63) is 33.5 Å². The fourth-order valence-electron chi connectivity index (χ4n) is 1.35. The summed E-state index contributed by atoms with van der Waals surface area (Å²) in [6.07, 6.45) is 0.846. The molecule has 5 nitrogen and oxygen atoms in total. The van der Waals surface area contributed by atoms with Gasteiger partial charge in [-0.1, -0.05) is 30.1 Å². The first kappa shape index (κ1) is 15.1. The molecule has 1 aromatic heterocycles. The number of anilines is 2. The lowest BCUT2D eigenvalue weighted by molar-refractivity contribution is 0.292. The standard InChI is InChI=1S/C12H11Cl3N4O/c1-2-5-20-12-18-10(15)17-11(19-12)16-7-3-4-8(13)9(14)6-7/h3-4,6H,2,5H2,1H3,(H,16,17,18,19). The first-order valence-corrected chi connectivity index (χ1v) is 6.98. The Kier molecular flexibility index (Phi) is 5.23. The summed E-state index contributed by atoms with van der Waals surface area (Å²) in [4.78, 5) is 11.9. The molecule has 2 aromatic rings. The first-order chi connectivity index (χ1) is 9.58. The van der Waals surface area contributed by atoms with Crippen molar-refractivity contribution in [1.29, 1.82) is 0 Å².